The van der Waals surface area contributed by atoms with Crippen molar-refractivity contribution in [2.45, 2.75) is 39.2 Å². The van der Waals surface area contributed by atoms with Gasteiger partial charge < -0.3 is 5.32 Å². The molecule has 0 aromatic carbocycles. The Morgan fingerprint density at radius 2 is 2.22 bits per heavy atom. The van der Waals surface area contributed by atoms with Gasteiger partial charge in [0, 0.05) is 18.0 Å². The van der Waals surface area contributed by atoms with Crippen molar-refractivity contribution in [3.05, 3.63) is 27.3 Å². The third kappa shape index (κ3) is 3.97. The van der Waals surface area contributed by atoms with Crippen molar-refractivity contribution in [3.8, 4) is 0 Å². The Labute approximate surface area is 140 Å². The van der Waals surface area contributed by atoms with Crippen LogP contribution in [-0.2, 0) is 31.2 Å². The van der Waals surface area contributed by atoms with E-state index in [1.807, 2.05) is 32.0 Å². The van der Waals surface area contributed by atoms with Crippen LogP contribution in [0.2, 0.25) is 0 Å². The highest BCUT2D eigenvalue weighted by atomic mass is 32.1. The number of hydrogen-bond acceptors (Lipinski definition) is 5. The molecule has 2 aromatic heterocycles. The van der Waals surface area contributed by atoms with Crippen LogP contribution >= 0.6 is 11.3 Å². The predicted octanol–water partition coefficient (Wildman–Crippen LogP) is 2.13. The molecule has 0 radical (unpaired) electrons. The first-order valence-corrected chi connectivity index (χ1v) is 8.79. The Kier molecular flexibility index (Phi) is 4.77. The van der Waals surface area contributed by atoms with E-state index in [1.54, 1.807) is 16.0 Å². The number of nitrogens with one attached hydrogen (secondary N) is 1. The number of thiazole rings is 1. The molecule has 2 aromatic rings. The molecule has 1 amide bonds. The van der Waals surface area contributed by atoms with Gasteiger partial charge in [-0.05, 0) is 39.7 Å². The zero-order chi connectivity index (χ0) is 16.4. The lowest BCUT2D eigenvalue weighted by atomic mass is 10.0. The zero-order valence-electron chi connectivity index (χ0n) is 13.9. The van der Waals surface area contributed by atoms with Crippen LogP contribution < -0.4 is 5.32 Å². The summed E-state index contributed by atoms with van der Waals surface area (Å²) in [6.45, 7) is 2.97. The molecule has 3 rings (SSSR count). The predicted molar refractivity (Wildman–Crippen MR) is 91.7 cm³/mol. The average Bonchev–Trinajstić information content (AvgIpc) is 3.00. The highest BCUT2D eigenvalue weighted by molar-refractivity contribution is 7.11. The molecular formula is C16H23N5OS. The van der Waals surface area contributed by atoms with E-state index in [9.17, 15) is 4.79 Å². The number of anilines is 1. The van der Waals surface area contributed by atoms with Gasteiger partial charge in [-0.3, -0.25) is 14.4 Å². The largest absolute Gasteiger partial charge is 0.310 e. The van der Waals surface area contributed by atoms with Crippen LogP contribution in [0.25, 0.3) is 0 Å². The lowest BCUT2D eigenvalue weighted by Gasteiger charge is -2.14. The molecule has 0 spiro atoms. The highest BCUT2D eigenvalue weighted by Gasteiger charge is 2.17. The molecule has 0 bridgehead atoms. The SMILES string of the molecule is Cc1cc(NC(=O)CN(C)Cc2nc3c(s2)CCCC3)n(C)n1. The summed E-state index contributed by atoms with van der Waals surface area (Å²) in [5, 5.41) is 8.24. The molecule has 23 heavy (non-hydrogen) atoms. The van der Waals surface area contributed by atoms with Gasteiger partial charge in [0.2, 0.25) is 5.91 Å². The summed E-state index contributed by atoms with van der Waals surface area (Å²) in [5.74, 6) is 0.697. The van der Waals surface area contributed by atoms with Crippen molar-refractivity contribution in [2.24, 2.45) is 7.05 Å². The van der Waals surface area contributed by atoms with Gasteiger partial charge in [0.25, 0.3) is 0 Å². The number of amides is 1. The monoisotopic (exact) mass is 333 g/mol. The van der Waals surface area contributed by atoms with E-state index in [1.165, 1.54) is 23.4 Å². The normalized spacial score (nSPS) is 14.1. The van der Waals surface area contributed by atoms with Gasteiger partial charge in [0.15, 0.2) is 0 Å². The van der Waals surface area contributed by atoms with Crippen LogP contribution in [0.1, 0.15) is 34.1 Å². The Balaban J connectivity index is 1.54. The molecule has 0 saturated heterocycles. The minimum Gasteiger partial charge on any atom is -0.310 e. The van der Waals surface area contributed by atoms with Crippen molar-refractivity contribution < 1.29 is 4.79 Å². The molecule has 0 saturated carbocycles. The number of carbonyl (C=O) groups is 1. The first-order valence-electron chi connectivity index (χ1n) is 7.98. The van der Waals surface area contributed by atoms with Crippen LogP contribution in [-0.4, -0.2) is 39.2 Å². The maximum absolute atomic E-state index is 12.2. The van der Waals surface area contributed by atoms with Crippen LogP contribution in [0.15, 0.2) is 6.07 Å². The minimum absolute atomic E-state index is 0.0307. The second-order valence-corrected chi connectivity index (χ2v) is 7.37. The summed E-state index contributed by atoms with van der Waals surface area (Å²) >= 11 is 1.80. The molecule has 124 valence electrons. The smallest absolute Gasteiger partial charge is 0.239 e. The van der Waals surface area contributed by atoms with Gasteiger partial charge in [-0.25, -0.2) is 4.98 Å². The Morgan fingerprint density at radius 3 is 2.91 bits per heavy atom. The maximum Gasteiger partial charge on any atom is 0.239 e. The summed E-state index contributed by atoms with van der Waals surface area (Å²) < 4.78 is 1.68. The van der Waals surface area contributed by atoms with E-state index >= 15 is 0 Å². The average molecular weight is 333 g/mol. The molecule has 2 heterocycles. The van der Waals surface area contributed by atoms with Crippen molar-refractivity contribution in [1.82, 2.24) is 19.7 Å². The number of rotatable bonds is 5. The second kappa shape index (κ2) is 6.80. The molecule has 0 fully saturated rings. The highest BCUT2D eigenvalue weighted by Crippen LogP contribution is 2.27. The molecule has 0 unspecified atom stereocenters. The fourth-order valence-electron chi connectivity index (χ4n) is 2.92. The third-order valence-corrected chi connectivity index (χ3v) is 5.12. The first-order chi connectivity index (χ1) is 11.0. The minimum atomic E-state index is -0.0307. The van der Waals surface area contributed by atoms with Crippen molar-refractivity contribution >= 4 is 23.1 Å². The number of hydrogen-bond donors (Lipinski definition) is 1. The van der Waals surface area contributed by atoms with E-state index in [4.69, 9.17) is 4.98 Å². The Morgan fingerprint density at radius 1 is 1.43 bits per heavy atom. The van der Waals surface area contributed by atoms with E-state index in [2.05, 4.69) is 10.4 Å². The van der Waals surface area contributed by atoms with E-state index in [-0.39, 0.29) is 5.91 Å². The summed E-state index contributed by atoms with van der Waals surface area (Å²) in [7, 11) is 3.78. The van der Waals surface area contributed by atoms with Crippen LogP contribution in [0.4, 0.5) is 5.82 Å². The quantitative estimate of drug-likeness (QED) is 0.910. The number of likely N-dealkylation sites (N-methyl/N-ethyl adjacent to an activating group) is 1. The van der Waals surface area contributed by atoms with E-state index < -0.39 is 0 Å². The second-order valence-electron chi connectivity index (χ2n) is 6.20. The summed E-state index contributed by atoms with van der Waals surface area (Å²) in [5.41, 5.74) is 2.17. The zero-order valence-corrected chi connectivity index (χ0v) is 14.7. The van der Waals surface area contributed by atoms with Crippen LogP contribution in [0, 0.1) is 6.92 Å². The van der Waals surface area contributed by atoms with Gasteiger partial charge in [0.1, 0.15) is 10.8 Å². The first kappa shape index (κ1) is 16.1. The van der Waals surface area contributed by atoms with Crippen molar-refractivity contribution in [1.29, 1.82) is 0 Å². The van der Waals surface area contributed by atoms with Gasteiger partial charge >= 0.3 is 0 Å². The van der Waals surface area contributed by atoms with Gasteiger partial charge in [0.05, 0.1) is 24.5 Å². The van der Waals surface area contributed by atoms with Gasteiger partial charge in [-0.2, -0.15) is 5.10 Å². The molecule has 1 N–H and O–H groups in total. The summed E-state index contributed by atoms with van der Waals surface area (Å²) in [6, 6.07) is 1.87. The van der Waals surface area contributed by atoms with Gasteiger partial charge in [-0.1, -0.05) is 0 Å². The van der Waals surface area contributed by atoms with E-state index in [0.717, 1.165) is 35.9 Å². The standard InChI is InChI=1S/C16H23N5OS/c1-11-8-14(21(3)19-11)18-15(22)9-20(2)10-16-17-12-6-4-5-7-13(12)23-16/h8H,4-7,9-10H2,1-3H3,(H,18,22). The molecule has 7 heteroatoms. The Bertz CT molecular complexity index is 682. The number of fused-ring (bicyclic) bond motifs is 1. The molecule has 1 aliphatic carbocycles. The molecule has 0 aliphatic heterocycles. The molecule has 6 nitrogen and oxygen atoms in total. The summed E-state index contributed by atoms with van der Waals surface area (Å²) in [6.07, 6.45) is 4.79. The fraction of sp³-hybridized carbons (Fsp3) is 0.562. The number of aromatic nitrogens is 3. The van der Waals surface area contributed by atoms with Crippen molar-refractivity contribution in [2.75, 3.05) is 18.9 Å². The number of carbonyl (C=O) groups excluding carboxylic acids is 1. The van der Waals surface area contributed by atoms with Gasteiger partial charge in [-0.15, -0.1) is 11.3 Å². The lowest BCUT2D eigenvalue weighted by Crippen LogP contribution is -2.30. The van der Waals surface area contributed by atoms with Crippen molar-refractivity contribution in [3.63, 3.8) is 0 Å². The maximum atomic E-state index is 12.2. The molecule has 1 aliphatic rings. The fourth-order valence-corrected chi connectivity index (χ4v) is 4.15. The summed E-state index contributed by atoms with van der Waals surface area (Å²) in [4.78, 5) is 20.3. The Hall–Kier alpha value is -1.73. The van der Waals surface area contributed by atoms with Crippen LogP contribution in [0.3, 0.4) is 0 Å². The number of nitrogens with zero attached hydrogens (tertiary/aromatic N) is 4. The van der Waals surface area contributed by atoms with E-state index in [0.29, 0.717) is 6.54 Å². The van der Waals surface area contributed by atoms with Crippen LogP contribution in [0.5, 0.6) is 0 Å². The third-order valence-electron chi connectivity index (χ3n) is 3.98. The number of aryl methyl sites for hydroxylation is 4. The lowest BCUT2D eigenvalue weighted by molar-refractivity contribution is -0.117. The topological polar surface area (TPSA) is 63.1 Å². The molecule has 0 atom stereocenters. The molecular weight excluding hydrogens is 310 g/mol.